The lowest BCUT2D eigenvalue weighted by Gasteiger charge is -2.26. The number of nitrogens with zero attached hydrogens (tertiary/aromatic N) is 4. The van der Waals surface area contributed by atoms with Crippen LogP contribution in [0, 0.1) is 23.2 Å². The number of nitrogens with two attached hydrogens (primary N) is 1. The number of amides is 1. The zero-order valence-corrected chi connectivity index (χ0v) is 27.2. The van der Waals surface area contributed by atoms with Gasteiger partial charge in [0.25, 0.3) is 5.91 Å². The molecular weight excluding hydrogens is 596 g/mol. The molecule has 1 saturated heterocycles. The summed E-state index contributed by atoms with van der Waals surface area (Å²) in [6, 6.07) is 4.10. The van der Waals surface area contributed by atoms with E-state index in [2.05, 4.69) is 15.4 Å². The molecule has 0 aromatic carbocycles. The molecule has 1 aliphatic heterocycles. The molecule has 0 bridgehead atoms. The molecule has 2 fully saturated rings. The average Bonchev–Trinajstić information content (AvgIpc) is 3.45. The maximum atomic E-state index is 13.0. The molecule has 0 spiro atoms. The third-order valence-electron chi connectivity index (χ3n) is 8.80. The van der Waals surface area contributed by atoms with Crippen LogP contribution in [-0.2, 0) is 38.9 Å². The van der Waals surface area contributed by atoms with Crippen molar-refractivity contribution in [2.45, 2.75) is 115 Å². The van der Waals surface area contributed by atoms with Crippen molar-refractivity contribution in [2.24, 2.45) is 17.6 Å². The quantitative estimate of drug-likeness (QED) is 0.226. The van der Waals surface area contributed by atoms with Gasteiger partial charge in [0.15, 0.2) is 11.9 Å². The lowest BCUT2D eigenvalue weighted by atomic mass is 9.92. The molecule has 14 nitrogen and oxygen atoms in total. The Kier molecular flexibility index (Phi) is 11.4. The van der Waals surface area contributed by atoms with Crippen molar-refractivity contribution in [1.82, 2.24) is 14.6 Å². The Morgan fingerprint density at radius 1 is 1.24 bits per heavy atom. The van der Waals surface area contributed by atoms with Gasteiger partial charge in [-0.05, 0) is 57.6 Å². The summed E-state index contributed by atoms with van der Waals surface area (Å²) >= 11 is 0. The fourth-order valence-corrected chi connectivity index (χ4v) is 5.96. The summed E-state index contributed by atoms with van der Waals surface area (Å²) in [5, 5.41) is 29.2. The number of nitrogens with one attached hydrogen (secondary N) is 1. The predicted molar refractivity (Wildman–Crippen MR) is 165 cm³/mol. The van der Waals surface area contributed by atoms with Gasteiger partial charge in [0, 0.05) is 13.0 Å². The molecule has 4 rings (SSSR count). The Bertz CT molecular complexity index is 1430. The molecule has 0 radical (unpaired) electrons. The minimum absolute atomic E-state index is 0.0842. The van der Waals surface area contributed by atoms with Crippen LogP contribution in [-0.4, -0.2) is 80.7 Å². The molecule has 14 heteroatoms. The Morgan fingerprint density at radius 2 is 1.93 bits per heavy atom. The molecule has 5 atom stereocenters. The van der Waals surface area contributed by atoms with Gasteiger partial charge in [-0.1, -0.05) is 39.5 Å². The number of carbonyl (C=O) groups excluding carboxylic acids is 3. The topological polar surface area (TPSA) is 200 Å². The number of carbonyl (C=O) groups is 3. The predicted octanol–water partition coefficient (Wildman–Crippen LogP) is 2.76. The van der Waals surface area contributed by atoms with E-state index in [4.69, 9.17) is 24.7 Å². The monoisotopic (exact) mass is 642 g/mol. The van der Waals surface area contributed by atoms with Gasteiger partial charge in [0.2, 0.25) is 5.60 Å². The smallest absolute Gasteiger partial charge is 0.323 e. The van der Waals surface area contributed by atoms with Gasteiger partial charge in [0.05, 0.1) is 5.69 Å². The molecule has 2 aromatic heterocycles. The number of hydrogen-bond donors (Lipinski definition) is 3. The molecule has 3 heterocycles. The number of rotatable bonds is 12. The molecule has 2 aliphatic rings. The van der Waals surface area contributed by atoms with Crippen LogP contribution in [0.1, 0.15) is 85.3 Å². The standard InChI is InChI=1S/C32H46N6O8/c1-6-44-31(4,5)30(42)37-28-21-13-14-23(38(21)36-18-35-28)32(17-33)27(40)26(45-29(41)25(34)19(2)3)22(46-32)16-43-24(39)15-20-11-9-7-8-10-12-20/h13-14,18-20,22,25-27,40H,6-12,15-16,34H2,1-5H3,(H,35,36,37,42)/t22-,25+,26-,27-,32+/m1/s1. The number of aliphatic hydroxyl groups is 1. The van der Waals surface area contributed by atoms with E-state index in [1.54, 1.807) is 40.7 Å². The van der Waals surface area contributed by atoms with E-state index in [1.165, 1.54) is 16.9 Å². The van der Waals surface area contributed by atoms with Crippen molar-refractivity contribution in [2.75, 3.05) is 18.5 Å². The van der Waals surface area contributed by atoms with Gasteiger partial charge in [-0.15, -0.1) is 0 Å². The largest absolute Gasteiger partial charge is 0.463 e. The summed E-state index contributed by atoms with van der Waals surface area (Å²) in [6.45, 7) is 8.47. The van der Waals surface area contributed by atoms with Crippen LogP contribution >= 0.6 is 0 Å². The molecule has 1 aliphatic carbocycles. The Labute approximate surface area is 268 Å². The van der Waals surface area contributed by atoms with Crippen molar-refractivity contribution < 1.29 is 38.4 Å². The third-order valence-corrected chi connectivity index (χ3v) is 8.80. The van der Waals surface area contributed by atoms with Crippen LogP contribution in [0.4, 0.5) is 5.82 Å². The number of fused-ring (bicyclic) bond motifs is 1. The van der Waals surface area contributed by atoms with E-state index < -0.39 is 53.4 Å². The number of hydrogen-bond acceptors (Lipinski definition) is 12. The highest BCUT2D eigenvalue weighted by molar-refractivity contribution is 5.98. The van der Waals surface area contributed by atoms with E-state index in [0.717, 1.165) is 38.5 Å². The van der Waals surface area contributed by atoms with E-state index in [-0.39, 0.29) is 36.4 Å². The lowest BCUT2D eigenvalue weighted by Crippen LogP contribution is -2.46. The Balaban J connectivity index is 1.63. The molecule has 2 aromatic rings. The third kappa shape index (κ3) is 7.49. The normalized spacial score (nSPS) is 24.7. The van der Waals surface area contributed by atoms with Gasteiger partial charge in [0.1, 0.15) is 48.4 Å². The highest BCUT2D eigenvalue weighted by atomic mass is 16.6. The average molecular weight is 643 g/mol. The second kappa shape index (κ2) is 14.8. The Hall–Kier alpha value is -3.64. The SMILES string of the molecule is CCOC(C)(C)C(=O)Nc1ncnn2c([C@]3(C#N)O[C@H](COC(=O)CC4CCCCCC4)[C@@H](OC(=O)[C@@H](N)C(C)C)[C@H]3O)ccc12. The summed E-state index contributed by atoms with van der Waals surface area (Å²) < 4.78 is 24.3. The summed E-state index contributed by atoms with van der Waals surface area (Å²) in [7, 11) is 0. The van der Waals surface area contributed by atoms with Gasteiger partial charge in [-0.25, -0.2) is 9.50 Å². The zero-order chi connectivity index (χ0) is 33.6. The molecule has 1 saturated carbocycles. The number of anilines is 1. The van der Waals surface area contributed by atoms with Crippen molar-refractivity contribution in [1.29, 1.82) is 5.26 Å². The van der Waals surface area contributed by atoms with E-state index >= 15 is 0 Å². The summed E-state index contributed by atoms with van der Waals surface area (Å²) in [4.78, 5) is 42.9. The number of ether oxygens (including phenoxy) is 4. The molecule has 4 N–H and O–H groups in total. The number of esters is 2. The number of aliphatic hydroxyl groups excluding tert-OH is 1. The summed E-state index contributed by atoms with van der Waals surface area (Å²) in [5.74, 6) is -1.59. The van der Waals surface area contributed by atoms with Crippen LogP contribution in [0.2, 0.25) is 0 Å². The second-order valence-corrected chi connectivity index (χ2v) is 12.9. The van der Waals surface area contributed by atoms with Gasteiger partial charge in [-0.2, -0.15) is 10.4 Å². The highest BCUT2D eigenvalue weighted by Gasteiger charge is 2.60. The number of aromatic nitrogens is 3. The summed E-state index contributed by atoms with van der Waals surface area (Å²) in [5.41, 5.74) is 3.15. The van der Waals surface area contributed by atoms with Crippen LogP contribution < -0.4 is 11.1 Å². The van der Waals surface area contributed by atoms with E-state index in [1.807, 2.05) is 6.07 Å². The maximum Gasteiger partial charge on any atom is 0.323 e. The van der Waals surface area contributed by atoms with Gasteiger partial charge < -0.3 is 35.1 Å². The molecule has 0 unspecified atom stereocenters. The first-order valence-corrected chi connectivity index (χ1v) is 16.0. The van der Waals surface area contributed by atoms with E-state index in [9.17, 15) is 24.8 Å². The first kappa shape index (κ1) is 35.2. The molecule has 252 valence electrons. The Morgan fingerprint density at radius 3 is 2.57 bits per heavy atom. The molecule has 46 heavy (non-hydrogen) atoms. The van der Waals surface area contributed by atoms with Crippen LogP contribution in [0.25, 0.3) is 5.52 Å². The van der Waals surface area contributed by atoms with Crippen LogP contribution in [0.3, 0.4) is 0 Å². The van der Waals surface area contributed by atoms with Crippen molar-refractivity contribution >= 4 is 29.2 Å². The zero-order valence-electron chi connectivity index (χ0n) is 27.2. The van der Waals surface area contributed by atoms with Gasteiger partial charge in [-0.3, -0.25) is 14.4 Å². The van der Waals surface area contributed by atoms with Crippen molar-refractivity contribution in [3.05, 3.63) is 24.2 Å². The fraction of sp³-hybridized carbons (Fsp3) is 0.688. The highest BCUT2D eigenvalue weighted by Crippen LogP contribution is 2.42. The van der Waals surface area contributed by atoms with Crippen molar-refractivity contribution in [3.63, 3.8) is 0 Å². The van der Waals surface area contributed by atoms with E-state index in [0.29, 0.717) is 12.1 Å². The molecular formula is C32H46N6O8. The minimum atomic E-state index is -2.11. The molecule has 1 amide bonds. The van der Waals surface area contributed by atoms with Crippen molar-refractivity contribution in [3.8, 4) is 6.07 Å². The van der Waals surface area contributed by atoms with Crippen LogP contribution in [0.5, 0.6) is 0 Å². The first-order valence-electron chi connectivity index (χ1n) is 16.0. The lowest BCUT2D eigenvalue weighted by molar-refractivity contribution is -0.162. The maximum absolute atomic E-state index is 13.0. The van der Waals surface area contributed by atoms with Gasteiger partial charge >= 0.3 is 11.9 Å². The number of nitriles is 1. The minimum Gasteiger partial charge on any atom is -0.463 e. The van der Waals surface area contributed by atoms with Crippen LogP contribution in [0.15, 0.2) is 18.5 Å². The summed E-state index contributed by atoms with van der Waals surface area (Å²) in [6.07, 6.45) is 3.44. The first-order chi connectivity index (χ1) is 21.8. The second-order valence-electron chi connectivity index (χ2n) is 12.9. The fourth-order valence-electron chi connectivity index (χ4n) is 5.96.